The van der Waals surface area contributed by atoms with Crippen LogP contribution in [-0.2, 0) is 6.54 Å². The number of imidazole rings is 1. The first kappa shape index (κ1) is 16.3. The number of hydrogen-bond acceptors (Lipinski definition) is 3. The highest BCUT2D eigenvalue weighted by atomic mass is 16.1. The Kier molecular flexibility index (Phi) is 3.91. The van der Waals surface area contributed by atoms with Gasteiger partial charge in [-0.05, 0) is 46.2 Å². The van der Waals surface area contributed by atoms with E-state index in [9.17, 15) is 4.79 Å². The number of nitrogens with one attached hydrogen (secondary N) is 3. The summed E-state index contributed by atoms with van der Waals surface area (Å²) in [6.07, 6.45) is 1.84. The van der Waals surface area contributed by atoms with E-state index < -0.39 is 0 Å². The standard InChI is InChI=1S/C23H18N4O/c28-23-26-20-10-8-16(12-21(20)27-23)17-9-11-22(24-13-17)25-14-18-6-3-5-15-4-1-2-7-19(15)18/h1-13H,14H2,(H,24,25)(H2,26,27,28). The van der Waals surface area contributed by atoms with Crippen molar-refractivity contribution in [2.24, 2.45) is 0 Å². The van der Waals surface area contributed by atoms with Crippen molar-refractivity contribution in [1.29, 1.82) is 0 Å². The first-order valence-corrected chi connectivity index (χ1v) is 9.15. The molecule has 3 aromatic carbocycles. The van der Waals surface area contributed by atoms with Gasteiger partial charge in [-0.25, -0.2) is 9.78 Å². The van der Waals surface area contributed by atoms with Crippen LogP contribution < -0.4 is 11.0 Å². The third kappa shape index (κ3) is 3.03. The molecule has 0 saturated heterocycles. The number of rotatable bonds is 4. The number of fused-ring (bicyclic) bond motifs is 2. The van der Waals surface area contributed by atoms with Crippen molar-refractivity contribution in [3.8, 4) is 11.1 Å². The van der Waals surface area contributed by atoms with Crippen molar-refractivity contribution >= 4 is 27.6 Å². The van der Waals surface area contributed by atoms with Crippen molar-refractivity contribution in [2.75, 3.05) is 5.32 Å². The Balaban J connectivity index is 1.36. The maximum atomic E-state index is 11.4. The number of pyridine rings is 1. The van der Waals surface area contributed by atoms with Crippen molar-refractivity contribution in [3.05, 3.63) is 95.0 Å². The molecule has 0 saturated carbocycles. The van der Waals surface area contributed by atoms with Crippen LogP contribution in [0.5, 0.6) is 0 Å². The Morgan fingerprint density at radius 3 is 2.54 bits per heavy atom. The van der Waals surface area contributed by atoms with Gasteiger partial charge in [-0.2, -0.15) is 0 Å². The second-order valence-corrected chi connectivity index (χ2v) is 6.76. The van der Waals surface area contributed by atoms with Gasteiger partial charge in [-0.1, -0.05) is 48.5 Å². The number of benzene rings is 3. The number of aromatic nitrogens is 3. The second-order valence-electron chi connectivity index (χ2n) is 6.76. The molecule has 0 bridgehead atoms. The number of H-pyrrole nitrogens is 2. The van der Waals surface area contributed by atoms with Gasteiger partial charge in [0.25, 0.3) is 0 Å². The van der Waals surface area contributed by atoms with E-state index in [0.29, 0.717) is 6.54 Å². The molecule has 0 radical (unpaired) electrons. The molecule has 0 fully saturated rings. The average molecular weight is 366 g/mol. The molecule has 0 aliphatic rings. The second kappa shape index (κ2) is 6.70. The van der Waals surface area contributed by atoms with E-state index in [1.807, 2.05) is 36.5 Å². The van der Waals surface area contributed by atoms with Crippen molar-refractivity contribution in [1.82, 2.24) is 15.0 Å². The summed E-state index contributed by atoms with van der Waals surface area (Å²) in [5, 5.41) is 5.89. The fourth-order valence-electron chi connectivity index (χ4n) is 3.51. The van der Waals surface area contributed by atoms with Crippen LogP contribution in [0.3, 0.4) is 0 Å². The minimum Gasteiger partial charge on any atom is -0.366 e. The van der Waals surface area contributed by atoms with Crippen LogP contribution in [0.1, 0.15) is 5.56 Å². The van der Waals surface area contributed by atoms with E-state index >= 15 is 0 Å². The van der Waals surface area contributed by atoms with Crippen LogP contribution in [0.15, 0.2) is 83.8 Å². The molecule has 2 aromatic heterocycles. The summed E-state index contributed by atoms with van der Waals surface area (Å²) in [6, 6.07) is 24.6. The van der Waals surface area contributed by atoms with E-state index in [2.05, 4.69) is 62.7 Å². The lowest BCUT2D eigenvalue weighted by Crippen LogP contribution is -2.01. The van der Waals surface area contributed by atoms with E-state index in [-0.39, 0.29) is 5.69 Å². The third-order valence-electron chi connectivity index (χ3n) is 4.95. The van der Waals surface area contributed by atoms with Crippen LogP contribution in [0, 0.1) is 0 Å². The minimum absolute atomic E-state index is 0.196. The first-order chi connectivity index (χ1) is 13.8. The number of nitrogens with zero attached hydrogens (tertiary/aromatic N) is 1. The molecular formula is C23H18N4O. The highest BCUT2D eigenvalue weighted by molar-refractivity contribution is 5.86. The first-order valence-electron chi connectivity index (χ1n) is 9.15. The van der Waals surface area contributed by atoms with Crippen molar-refractivity contribution in [3.63, 3.8) is 0 Å². The maximum Gasteiger partial charge on any atom is 0.323 e. The normalized spacial score (nSPS) is 11.1. The van der Waals surface area contributed by atoms with Gasteiger partial charge in [0.15, 0.2) is 0 Å². The topological polar surface area (TPSA) is 73.6 Å². The summed E-state index contributed by atoms with van der Waals surface area (Å²) in [4.78, 5) is 21.5. The number of aromatic amines is 2. The zero-order valence-electron chi connectivity index (χ0n) is 15.1. The molecule has 0 atom stereocenters. The van der Waals surface area contributed by atoms with Crippen LogP contribution >= 0.6 is 0 Å². The van der Waals surface area contributed by atoms with Gasteiger partial charge in [-0.3, -0.25) is 0 Å². The fourth-order valence-corrected chi connectivity index (χ4v) is 3.51. The van der Waals surface area contributed by atoms with Gasteiger partial charge >= 0.3 is 5.69 Å². The SMILES string of the molecule is O=c1[nH]c2ccc(-c3ccc(NCc4cccc5ccccc45)nc3)cc2[nH]1. The molecule has 0 unspecified atom stereocenters. The molecule has 28 heavy (non-hydrogen) atoms. The summed E-state index contributed by atoms with van der Waals surface area (Å²) >= 11 is 0. The monoisotopic (exact) mass is 366 g/mol. The van der Waals surface area contributed by atoms with E-state index in [1.54, 1.807) is 0 Å². The Morgan fingerprint density at radius 2 is 1.64 bits per heavy atom. The Labute approximate surface area is 161 Å². The largest absolute Gasteiger partial charge is 0.366 e. The van der Waals surface area contributed by atoms with Gasteiger partial charge < -0.3 is 15.3 Å². The Morgan fingerprint density at radius 1 is 0.821 bits per heavy atom. The average Bonchev–Trinajstić information content (AvgIpc) is 3.12. The van der Waals surface area contributed by atoms with Crippen molar-refractivity contribution in [2.45, 2.75) is 6.54 Å². The summed E-state index contributed by atoms with van der Waals surface area (Å²) < 4.78 is 0. The summed E-state index contributed by atoms with van der Waals surface area (Å²) in [7, 11) is 0. The van der Waals surface area contributed by atoms with Crippen LogP contribution in [0.4, 0.5) is 5.82 Å². The Bertz CT molecular complexity index is 1330. The molecule has 5 heteroatoms. The van der Waals surface area contributed by atoms with Gasteiger partial charge in [0, 0.05) is 18.3 Å². The van der Waals surface area contributed by atoms with Gasteiger partial charge in [-0.15, -0.1) is 0 Å². The Hall–Kier alpha value is -3.86. The summed E-state index contributed by atoms with van der Waals surface area (Å²) in [5.41, 5.74) is 4.65. The molecule has 5 rings (SSSR count). The number of hydrogen-bond donors (Lipinski definition) is 3. The van der Waals surface area contributed by atoms with Crippen LogP contribution in [0.25, 0.3) is 32.9 Å². The molecule has 5 aromatic rings. The molecule has 0 aliphatic carbocycles. The highest BCUT2D eigenvalue weighted by Crippen LogP contribution is 2.23. The quantitative estimate of drug-likeness (QED) is 0.432. The molecule has 3 N–H and O–H groups in total. The smallest absolute Gasteiger partial charge is 0.323 e. The zero-order chi connectivity index (χ0) is 18.9. The maximum absolute atomic E-state index is 11.4. The van der Waals surface area contributed by atoms with Gasteiger partial charge in [0.2, 0.25) is 0 Å². The van der Waals surface area contributed by atoms with Gasteiger partial charge in [0.1, 0.15) is 5.82 Å². The van der Waals surface area contributed by atoms with Crippen molar-refractivity contribution < 1.29 is 0 Å². The fraction of sp³-hybridized carbons (Fsp3) is 0.0435. The lowest BCUT2D eigenvalue weighted by molar-refractivity contribution is 1.12. The van der Waals surface area contributed by atoms with E-state index in [4.69, 9.17) is 0 Å². The lowest BCUT2D eigenvalue weighted by Gasteiger charge is -2.09. The van der Waals surface area contributed by atoms with Crippen LogP contribution in [-0.4, -0.2) is 15.0 Å². The highest BCUT2D eigenvalue weighted by Gasteiger charge is 2.04. The van der Waals surface area contributed by atoms with E-state index in [1.165, 1.54) is 16.3 Å². The molecular weight excluding hydrogens is 348 g/mol. The molecule has 0 amide bonds. The van der Waals surface area contributed by atoms with Gasteiger partial charge in [0.05, 0.1) is 11.0 Å². The lowest BCUT2D eigenvalue weighted by atomic mass is 10.0. The summed E-state index contributed by atoms with van der Waals surface area (Å²) in [5.74, 6) is 0.827. The third-order valence-corrected chi connectivity index (χ3v) is 4.95. The summed E-state index contributed by atoms with van der Waals surface area (Å²) in [6.45, 7) is 0.713. The minimum atomic E-state index is -0.196. The zero-order valence-corrected chi connectivity index (χ0v) is 15.1. The van der Waals surface area contributed by atoms with E-state index in [0.717, 1.165) is 28.0 Å². The number of anilines is 1. The molecule has 136 valence electrons. The molecule has 0 spiro atoms. The molecule has 2 heterocycles. The molecule has 5 nitrogen and oxygen atoms in total. The predicted molar refractivity (Wildman–Crippen MR) is 113 cm³/mol. The van der Waals surface area contributed by atoms with Crippen LogP contribution in [0.2, 0.25) is 0 Å². The predicted octanol–water partition coefficient (Wildman–Crippen LogP) is 4.68. The molecule has 0 aliphatic heterocycles.